The first-order valence-electron chi connectivity index (χ1n) is 5.21. The van der Waals surface area contributed by atoms with Gasteiger partial charge in [0, 0.05) is 11.4 Å². The third-order valence-corrected chi connectivity index (χ3v) is 3.87. The first-order valence-corrected chi connectivity index (χ1v) is 7.16. The number of aryl methyl sites for hydroxylation is 1. The van der Waals surface area contributed by atoms with Gasteiger partial charge in [-0.05, 0) is 31.0 Å². The van der Waals surface area contributed by atoms with E-state index in [0.717, 1.165) is 5.56 Å². The molecular weight excluding hydrogens is 263 g/mol. The van der Waals surface area contributed by atoms with Crippen molar-refractivity contribution in [2.75, 3.05) is 6.61 Å². The summed E-state index contributed by atoms with van der Waals surface area (Å²) in [5.41, 5.74) is 0.133. The van der Waals surface area contributed by atoms with Crippen LogP contribution in [0.3, 0.4) is 0 Å². The van der Waals surface area contributed by atoms with Crippen LogP contribution in [0.1, 0.15) is 18.9 Å². The smallest absolute Gasteiger partial charge is 0.319 e. The molecule has 0 heterocycles. The second kappa shape index (κ2) is 6.31. The van der Waals surface area contributed by atoms with Gasteiger partial charge in [0.25, 0.3) is 0 Å². The molecule has 94 valence electrons. The van der Waals surface area contributed by atoms with Crippen LogP contribution in [-0.4, -0.2) is 17.0 Å². The van der Waals surface area contributed by atoms with E-state index in [2.05, 4.69) is 4.52 Å². The number of rotatable bonds is 6. The van der Waals surface area contributed by atoms with Gasteiger partial charge in [-0.3, -0.25) is 9.36 Å². The van der Waals surface area contributed by atoms with Crippen molar-refractivity contribution in [1.82, 2.24) is 0 Å². The fourth-order valence-corrected chi connectivity index (χ4v) is 2.30. The van der Waals surface area contributed by atoms with Crippen LogP contribution >= 0.6 is 19.2 Å². The fraction of sp³-hybridized carbons (Fsp3) is 0.364. The summed E-state index contributed by atoms with van der Waals surface area (Å²) >= 11 is 5.72. The molecule has 0 bridgehead atoms. The first kappa shape index (κ1) is 14.4. The maximum Gasteiger partial charge on any atom is 0.394 e. The Labute approximate surface area is 105 Å². The molecule has 0 aliphatic rings. The van der Waals surface area contributed by atoms with E-state index in [4.69, 9.17) is 11.6 Å². The molecule has 1 aromatic carbocycles. The van der Waals surface area contributed by atoms with E-state index in [0.29, 0.717) is 11.4 Å². The van der Waals surface area contributed by atoms with Crippen LogP contribution in [0.5, 0.6) is 0 Å². The van der Waals surface area contributed by atoms with Crippen LogP contribution in [-0.2, 0) is 20.3 Å². The van der Waals surface area contributed by atoms with Crippen molar-refractivity contribution in [3.8, 4) is 0 Å². The Kier molecular flexibility index (Phi) is 5.34. The molecule has 1 atom stereocenters. The molecule has 0 amide bonds. The zero-order valence-electron chi connectivity index (χ0n) is 9.43. The highest BCUT2D eigenvalue weighted by molar-refractivity contribution is 7.70. The summed E-state index contributed by atoms with van der Waals surface area (Å²) in [7, 11) is -4.10. The van der Waals surface area contributed by atoms with Crippen molar-refractivity contribution >= 4 is 24.7 Å². The third kappa shape index (κ3) is 4.60. The molecule has 1 aromatic rings. The molecule has 0 fully saturated rings. The van der Waals surface area contributed by atoms with Crippen molar-refractivity contribution in [3.63, 3.8) is 0 Å². The maximum atomic E-state index is 11.4. The summed E-state index contributed by atoms with van der Waals surface area (Å²) in [5.74, 6) is 0. The third-order valence-electron chi connectivity index (χ3n) is 2.16. The normalized spacial score (nSPS) is 14.3. The Hall–Kier alpha value is -0.670. The predicted molar refractivity (Wildman–Crippen MR) is 66.2 cm³/mol. The molecule has 0 aliphatic carbocycles. The number of halogens is 1. The molecule has 0 aliphatic heterocycles. The van der Waals surface area contributed by atoms with Gasteiger partial charge in [-0.1, -0.05) is 23.7 Å². The van der Waals surface area contributed by atoms with Gasteiger partial charge in [0.15, 0.2) is 0 Å². The zero-order chi connectivity index (χ0) is 12.9. The Bertz CT molecular complexity index is 430. The molecule has 17 heavy (non-hydrogen) atoms. The highest BCUT2D eigenvalue weighted by Crippen LogP contribution is 2.43. The number of hydrogen-bond acceptors (Lipinski definition) is 3. The lowest BCUT2D eigenvalue weighted by Crippen LogP contribution is -2.04. The Morgan fingerprint density at radius 2 is 2.00 bits per heavy atom. The van der Waals surface area contributed by atoms with E-state index in [1.807, 2.05) is 0 Å². The van der Waals surface area contributed by atoms with Gasteiger partial charge in [0.2, 0.25) is 5.52 Å². The summed E-state index contributed by atoms with van der Waals surface area (Å²) in [6.07, 6.45) is 0.378. The van der Waals surface area contributed by atoms with E-state index in [9.17, 15) is 14.3 Å². The highest BCUT2D eigenvalue weighted by atomic mass is 35.5. The summed E-state index contributed by atoms with van der Waals surface area (Å²) < 4.78 is 15.9. The van der Waals surface area contributed by atoms with Gasteiger partial charge in [0.1, 0.15) is 0 Å². The van der Waals surface area contributed by atoms with E-state index >= 15 is 0 Å². The van der Waals surface area contributed by atoms with E-state index in [1.54, 1.807) is 31.2 Å². The molecule has 1 unspecified atom stereocenters. The second-order valence-electron chi connectivity index (χ2n) is 3.46. The molecule has 0 aromatic heterocycles. The van der Waals surface area contributed by atoms with Crippen molar-refractivity contribution < 1.29 is 18.8 Å². The lowest BCUT2D eigenvalue weighted by atomic mass is 10.1. The van der Waals surface area contributed by atoms with Crippen LogP contribution in [0.25, 0.3) is 0 Å². The minimum atomic E-state index is -4.10. The average Bonchev–Trinajstić information content (AvgIpc) is 2.27. The average molecular weight is 277 g/mol. The topological polar surface area (TPSA) is 63.6 Å². The van der Waals surface area contributed by atoms with Crippen LogP contribution in [0.4, 0.5) is 0 Å². The van der Waals surface area contributed by atoms with E-state index in [1.165, 1.54) is 0 Å². The zero-order valence-corrected chi connectivity index (χ0v) is 11.1. The maximum absolute atomic E-state index is 11.4. The standard InChI is InChI=1S/C11H14ClO4P/c1-2-16-17(14,15)11(13)8-5-9-3-6-10(12)7-4-9/h3-4,6-7H,2,5,8H2,1H3,(H,14,15). The van der Waals surface area contributed by atoms with Crippen LogP contribution in [0.15, 0.2) is 24.3 Å². The Morgan fingerprint density at radius 3 is 2.53 bits per heavy atom. The molecule has 0 spiro atoms. The van der Waals surface area contributed by atoms with E-state index in [-0.39, 0.29) is 13.0 Å². The SMILES string of the molecule is CCOP(=O)(O)C(=O)CCc1ccc(Cl)cc1. The Morgan fingerprint density at radius 1 is 1.41 bits per heavy atom. The van der Waals surface area contributed by atoms with Gasteiger partial charge < -0.3 is 9.42 Å². The highest BCUT2D eigenvalue weighted by Gasteiger charge is 2.28. The first-order chi connectivity index (χ1) is 7.95. The number of benzene rings is 1. The predicted octanol–water partition coefficient (Wildman–Crippen LogP) is 3.02. The van der Waals surface area contributed by atoms with Crippen LogP contribution in [0.2, 0.25) is 5.02 Å². The molecule has 6 heteroatoms. The molecule has 0 saturated heterocycles. The minimum Gasteiger partial charge on any atom is -0.319 e. The summed E-state index contributed by atoms with van der Waals surface area (Å²) in [4.78, 5) is 20.7. The van der Waals surface area contributed by atoms with Crippen LogP contribution < -0.4 is 0 Å². The quantitative estimate of drug-likeness (QED) is 0.811. The summed E-state index contributed by atoms with van der Waals surface area (Å²) in [6.45, 7) is 1.61. The van der Waals surface area contributed by atoms with Crippen molar-refractivity contribution in [3.05, 3.63) is 34.9 Å². The molecule has 1 rings (SSSR count). The molecular formula is C11H14ClO4P. The Balaban J connectivity index is 2.54. The molecule has 1 N–H and O–H groups in total. The van der Waals surface area contributed by atoms with Crippen molar-refractivity contribution in [2.24, 2.45) is 0 Å². The molecule has 0 saturated carbocycles. The lowest BCUT2D eigenvalue weighted by molar-refractivity contribution is -0.113. The minimum absolute atomic E-state index is 0.0184. The van der Waals surface area contributed by atoms with Gasteiger partial charge in [-0.2, -0.15) is 0 Å². The van der Waals surface area contributed by atoms with Gasteiger partial charge in [-0.25, -0.2) is 0 Å². The summed E-state index contributed by atoms with van der Waals surface area (Å²) in [5, 5.41) is 0.613. The number of hydrogen-bond donors (Lipinski definition) is 1. The van der Waals surface area contributed by atoms with Gasteiger partial charge >= 0.3 is 7.60 Å². The van der Waals surface area contributed by atoms with Gasteiger partial charge in [0.05, 0.1) is 6.61 Å². The lowest BCUT2D eigenvalue weighted by Gasteiger charge is -2.08. The molecule has 4 nitrogen and oxygen atoms in total. The van der Waals surface area contributed by atoms with Crippen molar-refractivity contribution in [1.29, 1.82) is 0 Å². The van der Waals surface area contributed by atoms with E-state index < -0.39 is 13.1 Å². The molecule has 0 radical (unpaired) electrons. The largest absolute Gasteiger partial charge is 0.394 e. The van der Waals surface area contributed by atoms with Crippen molar-refractivity contribution in [2.45, 2.75) is 19.8 Å². The monoisotopic (exact) mass is 276 g/mol. The second-order valence-corrected chi connectivity index (χ2v) is 5.69. The van der Waals surface area contributed by atoms with Crippen LogP contribution in [0, 0.1) is 0 Å². The summed E-state index contributed by atoms with van der Waals surface area (Å²) in [6, 6.07) is 6.97. The fourth-order valence-electron chi connectivity index (χ4n) is 1.29. The van der Waals surface area contributed by atoms with Gasteiger partial charge in [-0.15, -0.1) is 0 Å². The number of carbonyl (C=O) groups excluding carboxylic acids is 1. The number of carbonyl (C=O) groups is 1.